The van der Waals surface area contributed by atoms with Gasteiger partial charge in [-0.15, -0.1) is 0 Å². The molecular weight excluding hydrogens is 180 g/mol. The number of carbonyl (C=O) groups excluding carboxylic acids is 1. The lowest BCUT2D eigenvalue weighted by Gasteiger charge is -2.13. The molecule has 0 spiro atoms. The first kappa shape index (κ1) is 8.99. The lowest BCUT2D eigenvalue weighted by atomic mass is 9.91. The average Bonchev–Trinajstić information content (AvgIpc) is 2.42. The van der Waals surface area contributed by atoms with Gasteiger partial charge in [-0.2, -0.15) is 0 Å². The Labute approximate surface area is 82.1 Å². The largest absolute Gasteiger partial charge is 0.491 e. The fourth-order valence-corrected chi connectivity index (χ4v) is 1.51. The van der Waals surface area contributed by atoms with Crippen LogP contribution in [0.5, 0.6) is 5.75 Å². The van der Waals surface area contributed by atoms with Crippen molar-refractivity contribution in [3.63, 3.8) is 0 Å². The number of nitrogens with zero attached hydrogens (tertiary/aromatic N) is 1. The number of fused-ring (bicyclic) bond motifs is 1. The summed E-state index contributed by atoms with van der Waals surface area (Å²) in [5.41, 5.74) is 6.12. The van der Waals surface area contributed by atoms with Gasteiger partial charge >= 0.3 is 0 Å². The van der Waals surface area contributed by atoms with Gasteiger partial charge in [0.25, 0.3) is 5.91 Å². The van der Waals surface area contributed by atoms with E-state index in [0.717, 1.165) is 11.4 Å². The van der Waals surface area contributed by atoms with Crippen LogP contribution in [-0.2, 0) is 5.41 Å². The molecule has 0 unspecified atom stereocenters. The molecule has 0 saturated carbocycles. The van der Waals surface area contributed by atoms with E-state index in [4.69, 9.17) is 10.5 Å². The van der Waals surface area contributed by atoms with Crippen molar-refractivity contribution in [2.24, 2.45) is 5.73 Å². The highest BCUT2D eigenvalue weighted by Gasteiger charge is 2.33. The van der Waals surface area contributed by atoms with Gasteiger partial charge in [-0.3, -0.25) is 4.79 Å². The molecule has 0 saturated heterocycles. The minimum absolute atomic E-state index is 0.138. The zero-order valence-electron chi connectivity index (χ0n) is 8.20. The second-order valence-corrected chi connectivity index (χ2v) is 4.08. The Bertz CT molecular complexity index is 399. The Morgan fingerprint density at radius 1 is 1.57 bits per heavy atom. The number of carbonyl (C=O) groups is 1. The Hall–Kier alpha value is -1.58. The zero-order valence-corrected chi connectivity index (χ0v) is 8.20. The predicted molar refractivity (Wildman–Crippen MR) is 51.3 cm³/mol. The van der Waals surface area contributed by atoms with E-state index in [1.54, 1.807) is 12.1 Å². The van der Waals surface area contributed by atoms with Crippen molar-refractivity contribution in [1.82, 2.24) is 4.98 Å². The molecule has 1 aliphatic rings. The van der Waals surface area contributed by atoms with E-state index in [1.807, 2.05) is 13.8 Å². The van der Waals surface area contributed by atoms with Crippen LogP contribution >= 0.6 is 0 Å². The zero-order chi connectivity index (χ0) is 10.3. The Morgan fingerprint density at radius 2 is 2.29 bits per heavy atom. The van der Waals surface area contributed by atoms with Gasteiger partial charge in [-0.05, 0) is 12.1 Å². The molecule has 4 heteroatoms. The molecule has 0 atom stereocenters. The number of primary amides is 1. The van der Waals surface area contributed by atoms with E-state index in [1.165, 1.54) is 0 Å². The first-order valence-corrected chi connectivity index (χ1v) is 4.45. The van der Waals surface area contributed by atoms with Gasteiger partial charge in [-0.1, -0.05) is 13.8 Å². The Kier molecular flexibility index (Phi) is 1.74. The second kappa shape index (κ2) is 2.70. The number of aromatic nitrogens is 1. The molecular formula is C10H12N2O2. The fraction of sp³-hybridized carbons (Fsp3) is 0.400. The summed E-state index contributed by atoms with van der Waals surface area (Å²) in [7, 11) is 0. The number of pyridine rings is 1. The van der Waals surface area contributed by atoms with Crippen molar-refractivity contribution < 1.29 is 9.53 Å². The molecule has 1 aromatic rings. The van der Waals surface area contributed by atoms with Crippen LogP contribution in [0.15, 0.2) is 12.1 Å². The number of hydrogen-bond acceptors (Lipinski definition) is 3. The van der Waals surface area contributed by atoms with Crippen molar-refractivity contribution in [1.29, 1.82) is 0 Å². The first-order chi connectivity index (χ1) is 6.50. The van der Waals surface area contributed by atoms with Crippen molar-refractivity contribution in [2.45, 2.75) is 19.3 Å². The van der Waals surface area contributed by atoms with Gasteiger partial charge in [0.15, 0.2) is 0 Å². The summed E-state index contributed by atoms with van der Waals surface area (Å²) in [6.45, 7) is 4.64. The van der Waals surface area contributed by atoms with Crippen LogP contribution < -0.4 is 10.5 Å². The van der Waals surface area contributed by atoms with Crippen LogP contribution in [0.3, 0.4) is 0 Å². The van der Waals surface area contributed by atoms with Gasteiger partial charge in [0.2, 0.25) is 0 Å². The Morgan fingerprint density at radius 3 is 2.93 bits per heavy atom. The summed E-state index contributed by atoms with van der Waals surface area (Å²) in [6, 6.07) is 3.33. The maximum Gasteiger partial charge on any atom is 0.267 e. The summed E-state index contributed by atoms with van der Waals surface area (Å²) < 4.78 is 5.43. The highest BCUT2D eigenvalue weighted by molar-refractivity contribution is 5.90. The topological polar surface area (TPSA) is 65.2 Å². The van der Waals surface area contributed by atoms with Gasteiger partial charge in [0.1, 0.15) is 11.4 Å². The van der Waals surface area contributed by atoms with Crippen molar-refractivity contribution >= 4 is 5.91 Å². The van der Waals surface area contributed by atoms with Gasteiger partial charge < -0.3 is 10.5 Å². The van der Waals surface area contributed by atoms with Crippen molar-refractivity contribution in [3.05, 3.63) is 23.5 Å². The van der Waals surface area contributed by atoms with Crippen LogP contribution in [0.25, 0.3) is 0 Å². The van der Waals surface area contributed by atoms with Gasteiger partial charge in [0.05, 0.1) is 12.3 Å². The number of hydrogen-bond donors (Lipinski definition) is 1. The number of nitrogens with two attached hydrogens (primary N) is 1. The maximum absolute atomic E-state index is 10.9. The van der Waals surface area contributed by atoms with Crippen molar-refractivity contribution in [3.8, 4) is 5.75 Å². The van der Waals surface area contributed by atoms with Crippen LogP contribution in [0.4, 0.5) is 0 Å². The standard InChI is InChI=1S/C10H12N2O2/c1-10(2)5-14-7-4-3-6(9(11)13)12-8(7)10/h3-4H,5H2,1-2H3,(H2,11,13). The molecule has 2 N–H and O–H groups in total. The van der Waals surface area contributed by atoms with E-state index in [2.05, 4.69) is 4.98 Å². The molecule has 1 amide bonds. The van der Waals surface area contributed by atoms with E-state index in [9.17, 15) is 4.79 Å². The maximum atomic E-state index is 10.9. The van der Waals surface area contributed by atoms with E-state index in [-0.39, 0.29) is 5.41 Å². The highest BCUT2D eigenvalue weighted by atomic mass is 16.5. The normalized spacial score (nSPS) is 17.3. The molecule has 74 valence electrons. The van der Waals surface area contributed by atoms with E-state index in [0.29, 0.717) is 12.3 Å². The number of amides is 1. The van der Waals surface area contributed by atoms with Crippen molar-refractivity contribution in [2.75, 3.05) is 6.61 Å². The summed E-state index contributed by atoms with van der Waals surface area (Å²) in [6.07, 6.45) is 0. The lowest BCUT2D eigenvalue weighted by molar-refractivity contribution is 0.0995. The molecule has 2 heterocycles. The highest BCUT2D eigenvalue weighted by Crippen LogP contribution is 2.36. The first-order valence-electron chi connectivity index (χ1n) is 4.45. The molecule has 0 aliphatic carbocycles. The van der Waals surface area contributed by atoms with E-state index < -0.39 is 5.91 Å². The minimum Gasteiger partial charge on any atom is -0.491 e. The molecule has 14 heavy (non-hydrogen) atoms. The third-order valence-electron chi connectivity index (χ3n) is 2.34. The van der Waals surface area contributed by atoms with Crippen LogP contribution in [0.2, 0.25) is 0 Å². The summed E-state index contributed by atoms with van der Waals surface area (Å²) in [4.78, 5) is 15.1. The molecule has 0 bridgehead atoms. The van der Waals surface area contributed by atoms with Crippen LogP contribution in [-0.4, -0.2) is 17.5 Å². The quantitative estimate of drug-likeness (QED) is 0.717. The fourth-order valence-electron chi connectivity index (χ4n) is 1.51. The SMILES string of the molecule is CC1(C)COc2ccc(C(N)=O)nc21. The molecule has 0 fully saturated rings. The van der Waals surface area contributed by atoms with E-state index >= 15 is 0 Å². The summed E-state index contributed by atoms with van der Waals surface area (Å²) >= 11 is 0. The molecule has 2 rings (SSSR count). The predicted octanol–water partition coefficient (Wildman–Crippen LogP) is 0.851. The molecule has 1 aliphatic heterocycles. The van der Waals surface area contributed by atoms with Crippen LogP contribution in [0, 0.1) is 0 Å². The van der Waals surface area contributed by atoms with Crippen LogP contribution in [0.1, 0.15) is 30.0 Å². The third-order valence-corrected chi connectivity index (χ3v) is 2.34. The minimum atomic E-state index is -0.504. The average molecular weight is 192 g/mol. The molecule has 0 radical (unpaired) electrons. The molecule has 4 nitrogen and oxygen atoms in total. The Balaban J connectivity index is 2.53. The molecule has 0 aromatic carbocycles. The monoisotopic (exact) mass is 192 g/mol. The second-order valence-electron chi connectivity index (χ2n) is 4.08. The smallest absolute Gasteiger partial charge is 0.267 e. The number of ether oxygens (including phenoxy) is 1. The number of rotatable bonds is 1. The summed E-state index contributed by atoms with van der Waals surface area (Å²) in [5.74, 6) is 0.246. The lowest BCUT2D eigenvalue weighted by Crippen LogP contribution is -2.21. The third kappa shape index (κ3) is 1.23. The summed E-state index contributed by atoms with van der Waals surface area (Å²) in [5, 5.41) is 0. The van der Waals surface area contributed by atoms with Gasteiger partial charge in [-0.25, -0.2) is 4.98 Å². The van der Waals surface area contributed by atoms with Gasteiger partial charge in [0, 0.05) is 5.41 Å². The molecule has 1 aromatic heterocycles.